The van der Waals surface area contributed by atoms with E-state index in [1.54, 1.807) is 18.4 Å². The first kappa shape index (κ1) is 19.0. The SMILES string of the molecule is COc1ccccc1N1CCN(CC(C)C(=O)c2csc3ccccc23)CC1. The lowest BCUT2D eigenvalue weighted by Crippen LogP contribution is -2.48. The van der Waals surface area contributed by atoms with Gasteiger partial charge in [0.25, 0.3) is 0 Å². The second kappa shape index (κ2) is 8.33. The normalized spacial score (nSPS) is 16.3. The number of hydrogen-bond acceptors (Lipinski definition) is 5. The minimum Gasteiger partial charge on any atom is -0.495 e. The van der Waals surface area contributed by atoms with E-state index in [4.69, 9.17) is 4.74 Å². The third-order valence-electron chi connectivity index (χ3n) is 5.52. The van der Waals surface area contributed by atoms with E-state index in [1.807, 2.05) is 29.6 Å². The summed E-state index contributed by atoms with van der Waals surface area (Å²) in [5.74, 6) is 1.17. The maximum atomic E-state index is 13.0. The molecule has 1 atom stereocenters. The van der Waals surface area contributed by atoms with Gasteiger partial charge in [-0.25, -0.2) is 0 Å². The van der Waals surface area contributed by atoms with Gasteiger partial charge >= 0.3 is 0 Å². The van der Waals surface area contributed by atoms with Gasteiger partial charge in [-0.1, -0.05) is 37.3 Å². The fraction of sp³-hybridized carbons (Fsp3) is 0.348. The molecule has 0 amide bonds. The lowest BCUT2D eigenvalue weighted by molar-refractivity contribution is 0.0893. The van der Waals surface area contributed by atoms with Crippen LogP contribution in [0.1, 0.15) is 17.3 Å². The number of thiophene rings is 1. The summed E-state index contributed by atoms with van der Waals surface area (Å²) < 4.78 is 6.68. The molecule has 146 valence electrons. The molecule has 28 heavy (non-hydrogen) atoms. The molecule has 1 saturated heterocycles. The molecule has 0 aliphatic carbocycles. The first-order valence-corrected chi connectivity index (χ1v) is 10.7. The number of hydrogen-bond donors (Lipinski definition) is 0. The Labute approximate surface area is 170 Å². The Morgan fingerprint density at radius 2 is 1.79 bits per heavy atom. The Hall–Kier alpha value is -2.37. The van der Waals surface area contributed by atoms with Gasteiger partial charge in [0.1, 0.15) is 5.75 Å². The molecule has 1 unspecified atom stereocenters. The molecule has 1 fully saturated rings. The van der Waals surface area contributed by atoms with Crippen molar-refractivity contribution in [2.24, 2.45) is 5.92 Å². The molecule has 1 aliphatic rings. The van der Waals surface area contributed by atoms with Crippen molar-refractivity contribution in [2.75, 3.05) is 44.7 Å². The lowest BCUT2D eigenvalue weighted by Gasteiger charge is -2.37. The maximum Gasteiger partial charge on any atom is 0.168 e. The number of rotatable bonds is 6. The highest BCUT2D eigenvalue weighted by molar-refractivity contribution is 7.17. The van der Waals surface area contributed by atoms with Crippen molar-refractivity contribution in [2.45, 2.75) is 6.92 Å². The number of Topliss-reactive ketones (excluding diaryl/α,β-unsaturated/α-hetero) is 1. The molecule has 0 N–H and O–H groups in total. The zero-order valence-electron chi connectivity index (χ0n) is 16.4. The van der Waals surface area contributed by atoms with Crippen LogP contribution in [0.25, 0.3) is 10.1 Å². The van der Waals surface area contributed by atoms with Gasteiger partial charge in [-0.2, -0.15) is 0 Å². The summed E-state index contributed by atoms with van der Waals surface area (Å²) >= 11 is 1.65. The van der Waals surface area contributed by atoms with Crippen molar-refractivity contribution in [1.82, 2.24) is 4.90 Å². The molecule has 0 radical (unpaired) electrons. The Morgan fingerprint density at radius 1 is 1.07 bits per heavy atom. The van der Waals surface area contributed by atoms with E-state index in [2.05, 4.69) is 41.0 Å². The highest BCUT2D eigenvalue weighted by Crippen LogP contribution is 2.30. The van der Waals surface area contributed by atoms with Gasteiger partial charge in [0.2, 0.25) is 0 Å². The Balaban J connectivity index is 1.37. The van der Waals surface area contributed by atoms with Crippen molar-refractivity contribution >= 4 is 32.9 Å². The fourth-order valence-electron chi connectivity index (χ4n) is 3.97. The van der Waals surface area contributed by atoms with E-state index in [1.165, 1.54) is 4.70 Å². The summed E-state index contributed by atoms with van der Waals surface area (Å²) in [7, 11) is 1.72. The van der Waals surface area contributed by atoms with E-state index >= 15 is 0 Å². The topological polar surface area (TPSA) is 32.8 Å². The van der Waals surface area contributed by atoms with Crippen LogP contribution in [0.3, 0.4) is 0 Å². The number of ether oxygens (including phenoxy) is 1. The van der Waals surface area contributed by atoms with Gasteiger partial charge in [-0.05, 0) is 18.2 Å². The van der Waals surface area contributed by atoms with Crippen LogP contribution in [0.5, 0.6) is 5.75 Å². The molecular weight excluding hydrogens is 368 g/mol. The van der Waals surface area contributed by atoms with Gasteiger partial charge in [0, 0.05) is 59.7 Å². The van der Waals surface area contributed by atoms with Crippen LogP contribution in [-0.2, 0) is 0 Å². The molecule has 4 rings (SSSR count). The molecule has 5 heteroatoms. The predicted octanol–water partition coefficient (Wildman–Crippen LogP) is 4.55. The molecule has 0 saturated carbocycles. The number of anilines is 1. The summed E-state index contributed by atoms with van der Waals surface area (Å²) in [5, 5.41) is 3.11. The summed E-state index contributed by atoms with van der Waals surface area (Å²) in [6.45, 7) is 6.68. The average Bonchev–Trinajstić information content (AvgIpc) is 3.18. The summed E-state index contributed by atoms with van der Waals surface area (Å²) in [6.07, 6.45) is 0. The molecule has 1 aromatic heterocycles. The molecule has 1 aliphatic heterocycles. The standard InChI is InChI=1S/C23H26N2O2S/c1-17(23(26)19-16-28-22-10-6-3-7-18(19)22)15-24-11-13-25(14-12-24)20-8-4-5-9-21(20)27-2/h3-10,16-17H,11-15H2,1-2H3. The minimum absolute atomic E-state index is 0.00387. The number of ketones is 1. The van der Waals surface area contributed by atoms with Crippen molar-refractivity contribution in [3.63, 3.8) is 0 Å². The van der Waals surface area contributed by atoms with Gasteiger partial charge in [0.15, 0.2) is 5.78 Å². The van der Waals surface area contributed by atoms with Crippen LogP contribution in [0.15, 0.2) is 53.9 Å². The second-order valence-electron chi connectivity index (χ2n) is 7.37. The Bertz CT molecular complexity index is 960. The summed E-state index contributed by atoms with van der Waals surface area (Å²) in [4.78, 5) is 17.8. The highest BCUT2D eigenvalue weighted by Gasteiger charge is 2.24. The predicted molar refractivity (Wildman–Crippen MR) is 117 cm³/mol. The minimum atomic E-state index is -0.00387. The molecule has 3 aromatic rings. The van der Waals surface area contributed by atoms with Crippen LogP contribution in [0, 0.1) is 5.92 Å². The number of carbonyl (C=O) groups is 1. The number of para-hydroxylation sites is 2. The van der Waals surface area contributed by atoms with Crippen LogP contribution < -0.4 is 9.64 Å². The number of methoxy groups -OCH3 is 1. The van der Waals surface area contributed by atoms with Crippen molar-refractivity contribution < 1.29 is 9.53 Å². The van der Waals surface area contributed by atoms with Crippen molar-refractivity contribution in [1.29, 1.82) is 0 Å². The first-order valence-electron chi connectivity index (χ1n) is 9.78. The number of benzene rings is 2. The van der Waals surface area contributed by atoms with Crippen LogP contribution in [0.4, 0.5) is 5.69 Å². The van der Waals surface area contributed by atoms with E-state index in [9.17, 15) is 4.79 Å². The quantitative estimate of drug-likeness (QED) is 0.574. The lowest BCUT2D eigenvalue weighted by atomic mass is 9.98. The van der Waals surface area contributed by atoms with Gasteiger partial charge < -0.3 is 9.64 Å². The van der Waals surface area contributed by atoms with Gasteiger partial charge in [0.05, 0.1) is 12.8 Å². The summed E-state index contributed by atoms with van der Waals surface area (Å²) in [6, 6.07) is 16.3. The Morgan fingerprint density at radius 3 is 2.57 bits per heavy atom. The first-order chi connectivity index (χ1) is 13.7. The second-order valence-corrected chi connectivity index (χ2v) is 8.28. The number of nitrogens with zero attached hydrogens (tertiary/aromatic N) is 2. The molecule has 4 nitrogen and oxygen atoms in total. The molecule has 0 spiro atoms. The van der Waals surface area contributed by atoms with Crippen LogP contribution >= 0.6 is 11.3 Å². The molecule has 2 aromatic carbocycles. The Kier molecular flexibility index (Phi) is 5.64. The smallest absolute Gasteiger partial charge is 0.168 e. The van der Waals surface area contributed by atoms with Crippen LogP contribution in [-0.4, -0.2) is 50.5 Å². The monoisotopic (exact) mass is 394 g/mol. The van der Waals surface area contributed by atoms with Gasteiger partial charge in [-0.15, -0.1) is 11.3 Å². The van der Waals surface area contributed by atoms with E-state index < -0.39 is 0 Å². The number of fused-ring (bicyclic) bond motifs is 1. The van der Waals surface area contributed by atoms with Crippen molar-refractivity contribution in [3.8, 4) is 5.75 Å². The number of piperazine rings is 1. The summed E-state index contributed by atoms with van der Waals surface area (Å²) in [5.41, 5.74) is 2.03. The zero-order chi connectivity index (χ0) is 19.5. The maximum absolute atomic E-state index is 13.0. The van der Waals surface area contributed by atoms with Crippen molar-refractivity contribution in [3.05, 3.63) is 59.5 Å². The van der Waals surface area contributed by atoms with E-state index in [-0.39, 0.29) is 11.7 Å². The van der Waals surface area contributed by atoms with Gasteiger partial charge in [-0.3, -0.25) is 9.69 Å². The number of carbonyl (C=O) groups excluding carboxylic acids is 1. The largest absolute Gasteiger partial charge is 0.495 e. The fourth-order valence-corrected chi connectivity index (χ4v) is 4.92. The zero-order valence-corrected chi connectivity index (χ0v) is 17.2. The molecular formula is C23H26N2O2S. The van der Waals surface area contributed by atoms with E-state index in [0.29, 0.717) is 0 Å². The van der Waals surface area contributed by atoms with E-state index in [0.717, 1.165) is 55.1 Å². The average molecular weight is 395 g/mol. The molecule has 0 bridgehead atoms. The third kappa shape index (κ3) is 3.77. The highest BCUT2D eigenvalue weighted by atomic mass is 32.1. The molecule has 2 heterocycles. The van der Waals surface area contributed by atoms with Crippen LogP contribution in [0.2, 0.25) is 0 Å². The third-order valence-corrected chi connectivity index (χ3v) is 6.49.